The van der Waals surface area contributed by atoms with Gasteiger partial charge in [-0.25, -0.2) is 0 Å². The van der Waals surface area contributed by atoms with E-state index in [1.54, 1.807) is 32.2 Å². The number of carbonyl (C=O) groups is 2. The van der Waals surface area contributed by atoms with E-state index in [1.807, 2.05) is 0 Å². The lowest BCUT2D eigenvalue weighted by Crippen LogP contribution is -3.11. The van der Waals surface area contributed by atoms with Crippen LogP contribution in [0.25, 0.3) is 0 Å². The summed E-state index contributed by atoms with van der Waals surface area (Å²) in [5.41, 5.74) is 0.164. The number of anilines is 2. The van der Waals surface area contributed by atoms with Crippen molar-refractivity contribution in [3.05, 3.63) is 58.6 Å². The van der Waals surface area contributed by atoms with Gasteiger partial charge in [-0.05, 0) is 42.8 Å². The lowest BCUT2D eigenvalue weighted by molar-refractivity contribution is -0.862. The van der Waals surface area contributed by atoms with E-state index < -0.39 is 17.6 Å². The van der Waals surface area contributed by atoms with Crippen molar-refractivity contribution in [1.82, 2.24) is 0 Å². The number of para-hydroxylation sites is 1. The predicted octanol–water partition coefficient (Wildman–Crippen LogP) is 2.76. The Morgan fingerprint density at radius 1 is 1.00 bits per heavy atom. The number of aryl methyl sites for hydroxylation is 1. The highest BCUT2D eigenvalue weighted by atomic mass is 35.5. The molecule has 0 aliphatic rings. The number of carbonyl (C=O) groups excluding carboxylic acids is 2. The van der Waals surface area contributed by atoms with Gasteiger partial charge in [-0.1, -0.05) is 23.7 Å². The smallest absolute Gasteiger partial charge is 0.322 e. The normalized spacial score (nSPS) is 12.4. The summed E-state index contributed by atoms with van der Waals surface area (Å²) in [6.45, 7) is 1.60. The molecule has 5 nitrogen and oxygen atoms in total. The lowest BCUT2D eigenvalue weighted by Gasteiger charge is -2.16. The van der Waals surface area contributed by atoms with Crippen LogP contribution >= 0.6 is 11.6 Å². The number of nitrogens with one attached hydrogen (secondary N) is 3. The van der Waals surface area contributed by atoms with Crippen molar-refractivity contribution in [2.75, 3.05) is 30.8 Å². The molecule has 1 atom stereocenters. The molecule has 0 heterocycles. The molecule has 9 heteroatoms. The zero-order valence-electron chi connectivity index (χ0n) is 15.3. The van der Waals surface area contributed by atoms with Gasteiger partial charge in [0.25, 0.3) is 11.8 Å². The number of likely N-dealkylation sites (N-methyl/N-ethyl adjacent to an activating group) is 1. The van der Waals surface area contributed by atoms with Crippen LogP contribution in [0, 0.1) is 6.92 Å². The monoisotopic (exact) mass is 414 g/mol. The summed E-state index contributed by atoms with van der Waals surface area (Å²) >= 11 is 5.87. The summed E-state index contributed by atoms with van der Waals surface area (Å²) in [6, 6.07) is 9.76. The summed E-state index contributed by atoms with van der Waals surface area (Å²) in [4.78, 5) is 24.7. The van der Waals surface area contributed by atoms with E-state index in [9.17, 15) is 22.8 Å². The molecule has 0 fully saturated rings. The highest BCUT2D eigenvalue weighted by Gasteiger charge is 2.33. The topological polar surface area (TPSA) is 62.6 Å². The SMILES string of the molecule is Cc1cc(Cl)ccc1NC(=O)C[NH+](C)CC(=O)Nc1ccccc1C(F)(F)F. The van der Waals surface area contributed by atoms with Crippen LogP contribution in [-0.4, -0.2) is 32.0 Å². The number of rotatable bonds is 6. The maximum absolute atomic E-state index is 13.0. The second-order valence-electron chi connectivity index (χ2n) is 6.41. The Balaban J connectivity index is 1.91. The maximum atomic E-state index is 13.0. The van der Waals surface area contributed by atoms with Gasteiger partial charge in [-0.2, -0.15) is 13.2 Å². The van der Waals surface area contributed by atoms with Crippen LogP contribution in [0.1, 0.15) is 11.1 Å². The first-order valence-electron chi connectivity index (χ1n) is 8.39. The molecule has 1 unspecified atom stereocenters. The fourth-order valence-electron chi connectivity index (χ4n) is 2.61. The van der Waals surface area contributed by atoms with Crippen molar-refractivity contribution in [2.45, 2.75) is 13.1 Å². The predicted molar refractivity (Wildman–Crippen MR) is 102 cm³/mol. The Kier molecular flexibility index (Phi) is 7.04. The molecule has 0 saturated carbocycles. The lowest BCUT2D eigenvalue weighted by atomic mass is 10.1. The van der Waals surface area contributed by atoms with Gasteiger partial charge < -0.3 is 15.5 Å². The van der Waals surface area contributed by atoms with Crippen LogP contribution in [0.4, 0.5) is 24.5 Å². The molecular weight excluding hydrogens is 395 g/mol. The molecule has 0 aromatic heterocycles. The largest absolute Gasteiger partial charge is 0.418 e. The minimum atomic E-state index is -4.57. The summed E-state index contributed by atoms with van der Waals surface area (Å²) in [7, 11) is 1.60. The van der Waals surface area contributed by atoms with Crippen molar-refractivity contribution in [3.8, 4) is 0 Å². The van der Waals surface area contributed by atoms with Crippen LogP contribution in [0.15, 0.2) is 42.5 Å². The van der Waals surface area contributed by atoms with E-state index in [2.05, 4.69) is 10.6 Å². The molecule has 0 spiro atoms. The van der Waals surface area contributed by atoms with Gasteiger partial charge in [0.15, 0.2) is 13.1 Å². The zero-order valence-corrected chi connectivity index (χ0v) is 16.0. The zero-order chi connectivity index (χ0) is 20.9. The Morgan fingerprint density at radius 2 is 1.57 bits per heavy atom. The maximum Gasteiger partial charge on any atom is 0.418 e. The molecule has 28 heavy (non-hydrogen) atoms. The molecule has 2 aromatic rings. The molecule has 0 aliphatic carbocycles. The van der Waals surface area contributed by atoms with Gasteiger partial charge in [0, 0.05) is 10.7 Å². The average Bonchev–Trinajstić information content (AvgIpc) is 2.56. The first-order valence-corrected chi connectivity index (χ1v) is 8.77. The van der Waals surface area contributed by atoms with Gasteiger partial charge in [0.2, 0.25) is 0 Å². The summed E-state index contributed by atoms with van der Waals surface area (Å²) < 4.78 is 38.9. The first-order chi connectivity index (χ1) is 13.1. The Bertz CT molecular complexity index is 872. The minimum Gasteiger partial charge on any atom is -0.322 e. The third-order valence-electron chi connectivity index (χ3n) is 3.89. The van der Waals surface area contributed by atoms with Crippen LogP contribution in [-0.2, 0) is 15.8 Å². The Morgan fingerprint density at radius 3 is 2.14 bits per heavy atom. The number of quaternary nitrogens is 1. The molecule has 2 amide bonds. The number of hydrogen-bond donors (Lipinski definition) is 3. The molecule has 0 saturated heterocycles. The molecule has 2 rings (SSSR count). The van der Waals surface area contributed by atoms with Gasteiger partial charge in [0.1, 0.15) is 0 Å². The van der Waals surface area contributed by atoms with Crippen LogP contribution in [0.2, 0.25) is 5.02 Å². The van der Waals surface area contributed by atoms with Gasteiger partial charge in [-0.3, -0.25) is 9.59 Å². The second kappa shape index (κ2) is 9.07. The third-order valence-corrected chi connectivity index (χ3v) is 4.13. The van der Waals surface area contributed by atoms with Gasteiger partial charge in [-0.15, -0.1) is 0 Å². The number of benzene rings is 2. The number of hydrogen-bond acceptors (Lipinski definition) is 2. The second-order valence-corrected chi connectivity index (χ2v) is 6.85. The van der Waals surface area contributed by atoms with E-state index >= 15 is 0 Å². The molecular formula is C19H20ClF3N3O2+. The number of halogens is 4. The van der Waals surface area contributed by atoms with Crippen molar-refractivity contribution in [1.29, 1.82) is 0 Å². The van der Waals surface area contributed by atoms with E-state index in [-0.39, 0.29) is 24.7 Å². The molecule has 0 bridgehead atoms. The van der Waals surface area contributed by atoms with Crippen LogP contribution in [0.3, 0.4) is 0 Å². The van der Waals surface area contributed by atoms with Crippen LogP contribution < -0.4 is 15.5 Å². The molecule has 0 aliphatic heterocycles. The van der Waals surface area contributed by atoms with Crippen molar-refractivity contribution >= 4 is 34.8 Å². The molecule has 150 valence electrons. The Labute approximate surface area is 165 Å². The molecule has 3 N–H and O–H groups in total. The van der Waals surface area contributed by atoms with Gasteiger partial charge >= 0.3 is 6.18 Å². The highest BCUT2D eigenvalue weighted by molar-refractivity contribution is 6.30. The number of alkyl halides is 3. The molecule has 2 aromatic carbocycles. The van der Waals surface area contributed by atoms with E-state index in [0.29, 0.717) is 15.6 Å². The standard InChI is InChI=1S/C19H19ClF3N3O2/c1-12-9-13(20)7-8-15(12)24-17(27)10-26(2)11-18(28)25-16-6-4-3-5-14(16)19(21,22)23/h3-9H,10-11H2,1-2H3,(H,24,27)(H,25,28)/p+1. The quantitative estimate of drug-likeness (QED) is 0.680. The fourth-order valence-corrected chi connectivity index (χ4v) is 2.83. The van der Waals surface area contributed by atoms with Crippen molar-refractivity contribution in [3.63, 3.8) is 0 Å². The first kappa shape index (κ1) is 21.7. The van der Waals surface area contributed by atoms with Crippen molar-refractivity contribution in [2.24, 2.45) is 0 Å². The van der Waals surface area contributed by atoms with E-state index in [4.69, 9.17) is 11.6 Å². The number of amides is 2. The Hall–Kier alpha value is -2.58. The summed E-state index contributed by atoms with van der Waals surface area (Å²) in [6.07, 6.45) is -4.57. The summed E-state index contributed by atoms with van der Waals surface area (Å²) in [5.74, 6) is -0.948. The summed E-state index contributed by atoms with van der Waals surface area (Å²) in [5, 5.41) is 5.53. The van der Waals surface area contributed by atoms with E-state index in [1.165, 1.54) is 18.2 Å². The van der Waals surface area contributed by atoms with Gasteiger partial charge in [0.05, 0.1) is 18.3 Å². The minimum absolute atomic E-state index is 0.0313. The van der Waals surface area contributed by atoms with Crippen molar-refractivity contribution < 1.29 is 27.7 Å². The van der Waals surface area contributed by atoms with Crippen LogP contribution in [0.5, 0.6) is 0 Å². The third kappa shape index (κ3) is 6.24. The van der Waals surface area contributed by atoms with E-state index in [0.717, 1.165) is 11.6 Å². The highest BCUT2D eigenvalue weighted by Crippen LogP contribution is 2.34. The average molecular weight is 415 g/mol. The molecule has 0 radical (unpaired) electrons. The fraction of sp³-hybridized carbons (Fsp3) is 0.263.